The van der Waals surface area contributed by atoms with Crippen molar-refractivity contribution in [1.29, 1.82) is 0 Å². The minimum atomic E-state index is 1.29. The van der Waals surface area contributed by atoms with Gasteiger partial charge < -0.3 is 0 Å². The highest BCUT2D eigenvalue weighted by Crippen LogP contribution is 2.15. The summed E-state index contributed by atoms with van der Waals surface area (Å²) in [5, 5.41) is 0. The van der Waals surface area contributed by atoms with Crippen LogP contribution in [0.5, 0.6) is 0 Å². The normalized spacial score (nSPS) is 11.6. The molecule has 0 nitrogen and oxygen atoms in total. The van der Waals surface area contributed by atoms with Crippen LogP contribution in [0.4, 0.5) is 0 Å². The highest BCUT2D eigenvalue weighted by atomic mass is 14.0. The molecule has 0 aliphatic rings. The Morgan fingerprint density at radius 2 is 0.536 bits per heavy atom. The SMILES string of the molecule is CCCC/C=C/CCCCCCCCCCCCCCCCCCCCCC. The number of unbranched alkanes of at least 4 members (excludes halogenated alkanes) is 22. The van der Waals surface area contributed by atoms with Crippen LogP contribution < -0.4 is 0 Å². The maximum Gasteiger partial charge on any atom is -0.0351 e. The summed E-state index contributed by atoms with van der Waals surface area (Å²) in [6.07, 6.45) is 39.4. The first-order chi connectivity index (χ1) is 13.9. The largest absolute Gasteiger partial charge is 0.0885 e. The van der Waals surface area contributed by atoms with E-state index in [1.54, 1.807) is 0 Å². The molecule has 0 amide bonds. The predicted molar refractivity (Wildman–Crippen MR) is 131 cm³/mol. The van der Waals surface area contributed by atoms with E-state index >= 15 is 0 Å². The van der Waals surface area contributed by atoms with Gasteiger partial charge in [-0.15, -0.1) is 0 Å². The molecule has 0 radical (unpaired) electrons. The lowest BCUT2D eigenvalue weighted by Crippen LogP contribution is -1.84. The van der Waals surface area contributed by atoms with Gasteiger partial charge in [-0.3, -0.25) is 0 Å². The van der Waals surface area contributed by atoms with Crippen LogP contribution in [0.1, 0.15) is 168 Å². The molecule has 0 aromatic carbocycles. The van der Waals surface area contributed by atoms with Gasteiger partial charge in [0.05, 0.1) is 0 Å². The lowest BCUT2D eigenvalue weighted by Gasteiger charge is -2.04. The summed E-state index contributed by atoms with van der Waals surface area (Å²) < 4.78 is 0. The average molecular weight is 393 g/mol. The fraction of sp³-hybridized carbons (Fsp3) is 0.929. The van der Waals surface area contributed by atoms with Gasteiger partial charge in [-0.2, -0.15) is 0 Å². The maximum absolute atomic E-state index is 2.41. The Hall–Kier alpha value is -0.260. The van der Waals surface area contributed by atoms with E-state index in [0.29, 0.717) is 0 Å². The van der Waals surface area contributed by atoms with Gasteiger partial charge in [-0.1, -0.05) is 161 Å². The average Bonchev–Trinajstić information content (AvgIpc) is 2.71. The molecule has 0 saturated carbocycles. The van der Waals surface area contributed by atoms with Gasteiger partial charge in [0.1, 0.15) is 0 Å². The van der Waals surface area contributed by atoms with Gasteiger partial charge >= 0.3 is 0 Å². The van der Waals surface area contributed by atoms with E-state index in [-0.39, 0.29) is 0 Å². The molecule has 0 aromatic heterocycles. The Balaban J connectivity index is 3.00. The summed E-state index contributed by atoms with van der Waals surface area (Å²) in [6, 6.07) is 0. The smallest absolute Gasteiger partial charge is 0.0351 e. The number of hydrogen-bond acceptors (Lipinski definition) is 0. The Kier molecular flexibility index (Phi) is 26.5. The Labute approximate surface area is 180 Å². The minimum absolute atomic E-state index is 1.29. The lowest BCUT2D eigenvalue weighted by atomic mass is 10.0. The van der Waals surface area contributed by atoms with Crippen LogP contribution in [0.2, 0.25) is 0 Å². The highest BCUT2D eigenvalue weighted by Gasteiger charge is 1.95. The van der Waals surface area contributed by atoms with Gasteiger partial charge in [0, 0.05) is 0 Å². The molecular formula is C28H56. The molecule has 0 heterocycles. The van der Waals surface area contributed by atoms with Crippen molar-refractivity contribution < 1.29 is 0 Å². The molecule has 0 bridgehead atoms. The van der Waals surface area contributed by atoms with E-state index in [9.17, 15) is 0 Å². The molecule has 0 aliphatic heterocycles. The van der Waals surface area contributed by atoms with E-state index < -0.39 is 0 Å². The van der Waals surface area contributed by atoms with Crippen molar-refractivity contribution in [1.82, 2.24) is 0 Å². The van der Waals surface area contributed by atoms with Crippen molar-refractivity contribution in [3.63, 3.8) is 0 Å². The van der Waals surface area contributed by atoms with Gasteiger partial charge in [0.25, 0.3) is 0 Å². The van der Waals surface area contributed by atoms with Crippen molar-refractivity contribution in [3.8, 4) is 0 Å². The summed E-state index contributed by atoms with van der Waals surface area (Å²) in [4.78, 5) is 0. The first-order valence-electron chi connectivity index (χ1n) is 13.6. The molecule has 0 unspecified atom stereocenters. The summed E-state index contributed by atoms with van der Waals surface area (Å²) in [7, 11) is 0. The molecule has 0 aliphatic carbocycles. The molecule has 0 N–H and O–H groups in total. The topological polar surface area (TPSA) is 0 Å². The second kappa shape index (κ2) is 26.7. The fourth-order valence-electron chi connectivity index (χ4n) is 4.08. The monoisotopic (exact) mass is 392 g/mol. The standard InChI is InChI=1S/C28H56/c1-3-5-7-9-11-13-15-17-19-21-23-25-27-28-26-24-22-20-18-16-14-12-10-8-6-4-2/h9,11H,3-8,10,12-28H2,1-2H3/b11-9+. The first-order valence-corrected chi connectivity index (χ1v) is 13.6. The molecule has 0 aromatic rings. The van der Waals surface area contributed by atoms with Crippen LogP contribution in [-0.4, -0.2) is 0 Å². The van der Waals surface area contributed by atoms with Crippen LogP contribution in [0.3, 0.4) is 0 Å². The second-order valence-electron chi connectivity index (χ2n) is 9.12. The second-order valence-corrected chi connectivity index (χ2v) is 9.12. The molecule has 0 atom stereocenters. The van der Waals surface area contributed by atoms with Crippen LogP contribution in [0.25, 0.3) is 0 Å². The Morgan fingerprint density at radius 1 is 0.286 bits per heavy atom. The van der Waals surface area contributed by atoms with Crippen molar-refractivity contribution >= 4 is 0 Å². The number of allylic oxidation sites excluding steroid dienone is 2. The summed E-state index contributed by atoms with van der Waals surface area (Å²) >= 11 is 0. The molecule has 0 fully saturated rings. The lowest BCUT2D eigenvalue weighted by molar-refractivity contribution is 0.522. The third kappa shape index (κ3) is 25.7. The molecule has 168 valence electrons. The van der Waals surface area contributed by atoms with Crippen LogP contribution in [0.15, 0.2) is 12.2 Å². The zero-order valence-electron chi connectivity index (χ0n) is 20.1. The van der Waals surface area contributed by atoms with Crippen LogP contribution in [-0.2, 0) is 0 Å². The van der Waals surface area contributed by atoms with Gasteiger partial charge in [-0.05, 0) is 19.3 Å². The quantitative estimate of drug-likeness (QED) is 0.113. The van der Waals surface area contributed by atoms with E-state index in [0.717, 1.165) is 0 Å². The van der Waals surface area contributed by atoms with Gasteiger partial charge in [0.2, 0.25) is 0 Å². The summed E-state index contributed by atoms with van der Waals surface area (Å²) in [5.41, 5.74) is 0. The van der Waals surface area contributed by atoms with Crippen molar-refractivity contribution in [2.24, 2.45) is 0 Å². The third-order valence-corrected chi connectivity index (χ3v) is 6.12. The molecule has 0 spiro atoms. The summed E-state index contributed by atoms with van der Waals surface area (Å²) in [5.74, 6) is 0. The van der Waals surface area contributed by atoms with Crippen molar-refractivity contribution in [3.05, 3.63) is 12.2 Å². The summed E-state index contributed by atoms with van der Waals surface area (Å²) in [6.45, 7) is 4.57. The van der Waals surface area contributed by atoms with Crippen LogP contribution >= 0.6 is 0 Å². The Morgan fingerprint density at radius 3 is 0.857 bits per heavy atom. The van der Waals surface area contributed by atoms with E-state index in [1.165, 1.54) is 154 Å². The first kappa shape index (κ1) is 27.7. The zero-order chi connectivity index (χ0) is 20.4. The van der Waals surface area contributed by atoms with E-state index in [2.05, 4.69) is 26.0 Å². The zero-order valence-corrected chi connectivity index (χ0v) is 20.1. The molecule has 0 rings (SSSR count). The number of rotatable bonds is 24. The van der Waals surface area contributed by atoms with E-state index in [4.69, 9.17) is 0 Å². The molecule has 0 saturated heterocycles. The molecule has 28 heavy (non-hydrogen) atoms. The van der Waals surface area contributed by atoms with Crippen molar-refractivity contribution in [2.75, 3.05) is 0 Å². The fourth-order valence-corrected chi connectivity index (χ4v) is 4.08. The van der Waals surface area contributed by atoms with Gasteiger partial charge in [0.15, 0.2) is 0 Å². The number of hydrogen-bond donors (Lipinski definition) is 0. The maximum atomic E-state index is 2.41. The Bertz CT molecular complexity index is 278. The predicted octanol–water partition coefficient (Wildman–Crippen LogP) is 10.9. The molecule has 0 heteroatoms. The highest BCUT2D eigenvalue weighted by molar-refractivity contribution is 4.81. The molecular weight excluding hydrogens is 336 g/mol. The third-order valence-electron chi connectivity index (χ3n) is 6.12. The van der Waals surface area contributed by atoms with Gasteiger partial charge in [-0.25, -0.2) is 0 Å². The minimum Gasteiger partial charge on any atom is -0.0885 e. The van der Waals surface area contributed by atoms with Crippen LogP contribution in [0, 0.1) is 0 Å². The van der Waals surface area contributed by atoms with E-state index in [1.807, 2.05) is 0 Å². The van der Waals surface area contributed by atoms with Crippen molar-refractivity contribution in [2.45, 2.75) is 168 Å².